The second kappa shape index (κ2) is 12.6. The van der Waals surface area contributed by atoms with Gasteiger partial charge in [-0.05, 0) is 32.5 Å². The van der Waals surface area contributed by atoms with E-state index in [0.717, 1.165) is 6.42 Å². The van der Waals surface area contributed by atoms with Crippen LogP contribution in [-0.4, -0.2) is 43.4 Å². The zero-order valence-corrected chi connectivity index (χ0v) is 8.81. The van der Waals surface area contributed by atoms with E-state index in [1.165, 1.54) is 45.3 Å². The molecule has 0 amide bonds. The third-order valence-electron chi connectivity index (χ3n) is 2.25. The number of hydrogen-bond acceptors (Lipinski definition) is 1. The standard InChI is InChI=1S/C11H24N.Li.H/c1-4-7-8-9-11-12(6-3)10-5-2;;/h2,4-11H2,1,3H3;;. The van der Waals surface area contributed by atoms with Crippen molar-refractivity contribution in [3.05, 3.63) is 6.92 Å². The summed E-state index contributed by atoms with van der Waals surface area (Å²) in [6, 6.07) is 0. The Morgan fingerprint density at radius 2 is 1.69 bits per heavy atom. The van der Waals surface area contributed by atoms with Crippen molar-refractivity contribution in [2.45, 2.75) is 46.0 Å². The predicted molar refractivity (Wildman–Crippen MR) is 63.4 cm³/mol. The van der Waals surface area contributed by atoms with Crippen molar-refractivity contribution >= 4 is 18.9 Å². The van der Waals surface area contributed by atoms with Crippen LogP contribution in [0.25, 0.3) is 0 Å². The fourth-order valence-corrected chi connectivity index (χ4v) is 1.41. The van der Waals surface area contributed by atoms with Crippen LogP contribution in [0.2, 0.25) is 0 Å². The third-order valence-corrected chi connectivity index (χ3v) is 2.25. The van der Waals surface area contributed by atoms with Crippen molar-refractivity contribution in [1.82, 2.24) is 4.90 Å². The van der Waals surface area contributed by atoms with E-state index in [2.05, 4.69) is 25.7 Å². The van der Waals surface area contributed by atoms with Gasteiger partial charge in [0.1, 0.15) is 0 Å². The first kappa shape index (κ1) is 16.0. The summed E-state index contributed by atoms with van der Waals surface area (Å²) < 4.78 is 0. The van der Waals surface area contributed by atoms with Crippen LogP contribution < -0.4 is 0 Å². The Morgan fingerprint density at radius 3 is 2.15 bits per heavy atom. The molecule has 0 spiro atoms. The second-order valence-electron chi connectivity index (χ2n) is 3.35. The van der Waals surface area contributed by atoms with E-state index in [9.17, 15) is 0 Å². The Hall–Kier alpha value is 0.557. The van der Waals surface area contributed by atoms with Gasteiger partial charge in [-0.15, -0.1) is 0 Å². The molecule has 0 saturated carbocycles. The minimum absolute atomic E-state index is 0. The van der Waals surface area contributed by atoms with Crippen LogP contribution in [-0.2, 0) is 0 Å². The van der Waals surface area contributed by atoms with Crippen molar-refractivity contribution in [3.63, 3.8) is 0 Å². The second-order valence-corrected chi connectivity index (χ2v) is 3.35. The molecule has 0 N–H and O–H groups in total. The Labute approximate surface area is 96.4 Å². The molecule has 1 radical (unpaired) electrons. The Bertz CT molecular complexity index is 86.2. The molecule has 13 heavy (non-hydrogen) atoms. The summed E-state index contributed by atoms with van der Waals surface area (Å²) in [6.07, 6.45) is 6.52. The van der Waals surface area contributed by atoms with Crippen LogP contribution in [0, 0.1) is 6.92 Å². The van der Waals surface area contributed by atoms with Gasteiger partial charge in [0.05, 0.1) is 0 Å². The van der Waals surface area contributed by atoms with E-state index in [-0.39, 0.29) is 18.9 Å². The van der Waals surface area contributed by atoms with E-state index in [4.69, 9.17) is 0 Å². The number of unbranched alkanes of at least 4 members (excludes halogenated alkanes) is 3. The summed E-state index contributed by atoms with van der Waals surface area (Å²) in [7, 11) is 0. The SMILES string of the molecule is [CH2]CCN(CC)CCCCCC.[LiH]. The van der Waals surface area contributed by atoms with Crippen molar-refractivity contribution in [3.8, 4) is 0 Å². The number of rotatable bonds is 8. The molecule has 0 aliphatic heterocycles. The summed E-state index contributed by atoms with van der Waals surface area (Å²) in [5.41, 5.74) is 0. The fraction of sp³-hybridized carbons (Fsp3) is 0.909. The van der Waals surface area contributed by atoms with E-state index < -0.39 is 0 Å². The molecule has 0 atom stereocenters. The molecule has 0 unspecified atom stereocenters. The third kappa shape index (κ3) is 10.5. The van der Waals surface area contributed by atoms with Crippen LogP contribution >= 0.6 is 0 Å². The maximum atomic E-state index is 3.88. The molecule has 0 bridgehead atoms. The summed E-state index contributed by atoms with van der Waals surface area (Å²) in [6.45, 7) is 12.0. The van der Waals surface area contributed by atoms with E-state index >= 15 is 0 Å². The van der Waals surface area contributed by atoms with Gasteiger partial charge in [0, 0.05) is 0 Å². The minimum atomic E-state index is 0. The average Bonchev–Trinajstić information content (AvgIpc) is 2.10. The molecule has 0 aliphatic rings. The van der Waals surface area contributed by atoms with Crippen LogP contribution in [0.1, 0.15) is 46.0 Å². The van der Waals surface area contributed by atoms with E-state index in [1.807, 2.05) is 0 Å². The summed E-state index contributed by atoms with van der Waals surface area (Å²) in [5.74, 6) is 0. The molecule has 0 fully saturated rings. The van der Waals surface area contributed by atoms with Gasteiger partial charge >= 0.3 is 18.9 Å². The first-order valence-corrected chi connectivity index (χ1v) is 5.36. The van der Waals surface area contributed by atoms with Gasteiger partial charge in [-0.3, -0.25) is 0 Å². The maximum absolute atomic E-state index is 3.88. The van der Waals surface area contributed by atoms with Crippen molar-refractivity contribution in [1.29, 1.82) is 0 Å². The van der Waals surface area contributed by atoms with Crippen LogP contribution in [0.4, 0.5) is 0 Å². The molecule has 0 aliphatic carbocycles. The Kier molecular flexibility index (Phi) is 15.5. The average molecular weight is 178 g/mol. The summed E-state index contributed by atoms with van der Waals surface area (Å²) in [4.78, 5) is 2.49. The Morgan fingerprint density at radius 1 is 1.00 bits per heavy atom. The molecule has 0 saturated heterocycles. The predicted octanol–water partition coefficient (Wildman–Crippen LogP) is 2.46. The van der Waals surface area contributed by atoms with Gasteiger partial charge in [-0.2, -0.15) is 0 Å². The van der Waals surface area contributed by atoms with Crippen molar-refractivity contribution < 1.29 is 0 Å². The number of nitrogens with zero attached hydrogens (tertiary/aromatic N) is 1. The van der Waals surface area contributed by atoms with Gasteiger partial charge < -0.3 is 4.90 Å². The van der Waals surface area contributed by atoms with Crippen LogP contribution in [0.5, 0.6) is 0 Å². The monoisotopic (exact) mass is 178 g/mol. The number of hydrogen-bond donors (Lipinski definition) is 0. The normalized spacial score (nSPS) is 10.2. The van der Waals surface area contributed by atoms with Crippen LogP contribution in [0.15, 0.2) is 0 Å². The first-order chi connectivity index (χ1) is 5.85. The van der Waals surface area contributed by atoms with Gasteiger partial charge in [-0.1, -0.05) is 40.0 Å². The quantitative estimate of drug-likeness (QED) is 0.407. The first-order valence-electron chi connectivity index (χ1n) is 5.36. The van der Waals surface area contributed by atoms with Gasteiger partial charge in [0.25, 0.3) is 0 Å². The molecule has 1 nitrogen and oxygen atoms in total. The molecule has 2 heteroatoms. The van der Waals surface area contributed by atoms with Gasteiger partial charge in [0.15, 0.2) is 0 Å². The molecule has 0 aromatic carbocycles. The molecule has 0 rings (SSSR count). The zero-order chi connectivity index (χ0) is 9.23. The molecular weight excluding hydrogens is 153 g/mol. The zero-order valence-electron chi connectivity index (χ0n) is 8.81. The molecule has 0 heterocycles. The molecule has 0 aromatic rings. The summed E-state index contributed by atoms with van der Waals surface area (Å²) in [5, 5.41) is 0. The van der Waals surface area contributed by atoms with E-state index in [1.54, 1.807) is 0 Å². The van der Waals surface area contributed by atoms with Crippen LogP contribution in [0.3, 0.4) is 0 Å². The summed E-state index contributed by atoms with van der Waals surface area (Å²) >= 11 is 0. The molecule has 0 aromatic heterocycles. The van der Waals surface area contributed by atoms with Crippen molar-refractivity contribution in [2.24, 2.45) is 0 Å². The van der Waals surface area contributed by atoms with Crippen molar-refractivity contribution in [2.75, 3.05) is 19.6 Å². The molecule has 75 valence electrons. The topological polar surface area (TPSA) is 3.24 Å². The fourth-order valence-electron chi connectivity index (χ4n) is 1.41. The Balaban J connectivity index is 0. The molecular formula is C11H25LiN. The van der Waals surface area contributed by atoms with Gasteiger partial charge in [-0.25, -0.2) is 0 Å². The van der Waals surface area contributed by atoms with Gasteiger partial charge in [0.2, 0.25) is 0 Å². The van der Waals surface area contributed by atoms with E-state index in [0.29, 0.717) is 0 Å².